The van der Waals surface area contributed by atoms with Gasteiger partial charge in [0.2, 0.25) is 0 Å². The minimum absolute atomic E-state index is 0.181. The van der Waals surface area contributed by atoms with E-state index < -0.39 is 16.7 Å². The first-order valence-corrected chi connectivity index (χ1v) is 7.06. The molecule has 0 radical (unpaired) electrons. The summed E-state index contributed by atoms with van der Waals surface area (Å²) in [4.78, 5) is 0. The minimum atomic E-state index is -0.831. The number of hydrogen-bond donors (Lipinski definition) is 2. The zero-order valence-corrected chi connectivity index (χ0v) is 11.9. The Morgan fingerprint density at radius 2 is 2.00 bits per heavy atom. The second-order valence-electron chi connectivity index (χ2n) is 5.01. The number of aromatic amines is 1. The smallest absolute Gasteiger partial charge is 0.153 e. The van der Waals surface area contributed by atoms with Gasteiger partial charge in [0.25, 0.3) is 0 Å². The molecule has 7 heteroatoms. The molecule has 1 unspecified atom stereocenters. The molecule has 0 spiro atoms. The summed E-state index contributed by atoms with van der Waals surface area (Å²) in [6.45, 7) is 0.645. The summed E-state index contributed by atoms with van der Waals surface area (Å²) in [6, 6.07) is 2.30. The van der Waals surface area contributed by atoms with E-state index in [1.165, 1.54) is 0 Å². The van der Waals surface area contributed by atoms with E-state index in [1.807, 2.05) is 0 Å². The number of ether oxygens (including phenoxy) is 1. The van der Waals surface area contributed by atoms with Crippen LogP contribution in [0.15, 0.2) is 12.1 Å². The number of anilines is 1. The van der Waals surface area contributed by atoms with Gasteiger partial charge >= 0.3 is 0 Å². The topological polar surface area (TPSA) is 63.9 Å². The summed E-state index contributed by atoms with van der Waals surface area (Å²) in [7, 11) is 0. The number of aromatic nitrogens is 2. The zero-order valence-electron chi connectivity index (χ0n) is 11.1. The zero-order chi connectivity index (χ0) is 15.0. The molecular weight excluding hydrogens is 300 g/mol. The Labute approximate surface area is 125 Å². The average molecular weight is 314 g/mol. The van der Waals surface area contributed by atoms with Crippen LogP contribution in [0.4, 0.5) is 14.6 Å². The number of nitrogens with one attached hydrogen (secondary N) is 1. The van der Waals surface area contributed by atoms with E-state index in [-0.39, 0.29) is 11.9 Å². The van der Waals surface area contributed by atoms with Gasteiger partial charge in [0.15, 0.2) is 5.82 Å². The molecule has 1 aliphatic heterocycles. The number of rotatable bonds is 2. The monoisotopic (exact) mass is 313 g/mol. The van der Waals surface area contributed by atoms with Gasteiger partial charge in [0, 0.05) is 12.2 Å². The van der Waals surface area contributed by atoms with Crippen molar-refractivity contribution in [3.05, 3.63) is 34.5 Å². The first-order chi connectivity index (χ1) is 10.1. The van der Waals surface area contributed by atoms with Gasteiger partial charge in [0.05, 0.1) is 11.8 Å². The molecule has 3 rings (SSSR count). The Hall–Kier alpha value is -1.66. The Bertz CT molecular complexity index is 645. The molecule has 1 saturated heterocycles. The Balaban J connectivity index is 2.07. The van der Waals surface area contributed by atoms with Crippen LogP contribution in [0.1, 0.15) is 31.1 Å². The van der Waals surface area contributed by atoms with Crippen molar-refractivity contribution in [2.24, 2.45) is 0 Å². The summed E-state index contributed by atoms with van der Waals surface area (Å²) < 4.78 is 33.0. The third-order valence-corrected chi connectivity index (χ3v) is 3.96. The highest BCUT2D eigenvalue weighted by Crippen LogP contribution is 2.38. The summed E-state index contributed by atoms with van der Waals surface area (Å²) in [6.07, 6.45) is 2.64. The summed E-state index contributed by atoms with van der Waals surface area (Å²) in [5.41, 5.74) is 7.25. The lowest BCUT2D eigenvalue weighted by Crippen LogP contribution is -2.12. The first kappa shape index (κ1) is 14.3. The fourth-order valence-electron chi connectivity index (χ4n) is 2.57. The highest BCUT2D eigenvalue weighted by Gasteiger charge is 2.25. The van der Waals surface area contributed by atoms with Crippen molar-refractivity contribution < 1.29 is 13.5 Å². The van der Waals surface area contributed by atoms with Gasteiger partial charge in [-0.05, 0) is 37.0 Å². The highest BCUT2D eigenvalue weighted by molar-refractivity contribution is 6.31. The molecule has 2 aromatic rings. The first-order valence-electron chi connectivity index (χ1n) is 6.68. The lowest BCUT2D eigenvalue weighted by molar-refractivity contribution is 0.0126. The van der Waals surface area contributed by atoms with Crippen molar-refractivity contribution in [3.63, 3.8) is 0 Å². The van der Waals surface area contributed by atoms with Gasteiger partial charge < -0.3 is 10.5 Å². The second-order valence-corrected chi connectivity index (χ2v) is 5.38. The quantitative estimate of drug-likeness (QED) is 0.828. The van der Waals surface area contributed by atoms with Gasteiger partial charge in [-0.2, -0.15) is 5.10 Å². The number of hydrogen-bond acceptors (Lipinski definition) is 3. The van der Waals surface area contributed by atoms with Crippen LogP contribution in [0.2, 0.25) is 5.02 Å². The van der Waals surface area contributed by atoms with E-state index in [0.717, 1.165) is 31.4 Å². The van der Waals surface area contributed by atoms with Gasteiger partial charge in [-0.3, -0.25) is 5.10 Å². The van der Waals surface area contributed by atoms with Crippen molar-refractivity contribution in [1.29, 1.82) is 0 Å². The molecule has 0 aliphatic carbocycles. The Morgan fingerprint density at radius 1 is 1.29 bits per heavy atom. The van der Waals surface area contributed by atoms with Crippen molar-refractivity contribution >= 4 is 17.4 Å². The van der Waals surface area contributed by atoms with Crippen LogP contribution in [0.25, 0.3) is 11.1 Å². The van der Waals surface area contributed by atoms with E-state index in [0.29, 0.717) is 23.4 Å². The van der Waals surface area contributed by atoms with Crippen molar-refractivity contribution in [2.45, 2.75) is 25.4 Å². The minimum Gasteiger partial charge on any atom is -0.382 e. The lowest BCUT2D eigenvalue weighted by Gasteiger charge is -2.22. The molecule has 4 nitrogen and oxygen atoms in total. The second kappa shape index (κ2) is 5.61. The molecule has 0 bridgehead atoms. The summed E-state index contributed by atoms with van der Waals surface area (Å²) >= 11 is 5.51. The van der Waals surface area contributed by atoms with E-state index >= 15 is 0 Å². The van der Waals surface area contributed by atoms with Crippen LogP contribution >= 0.6 is 11.6 Å². The van der Waals surface area contributed by atoms with Crippen LogP contribution in [-0.2, 0) is 4.74 Å². The van der Waals surface area contributed by atoms with Crippen molar-refractivity contribution in [3.8, 4) is 11.1 Å². The molecule has 0 saturated carbocycles. The maximum absolute atomic E-state index is 13.7. The van der Waals surface area contributed by atoms with Gasteiger partial charge in [0.1, 0.15) is 16.7 Å². The average Bonchev–Trinajstić information content (AvgIpc) is 2.87. The van der Waals surface area contributed by atoms with Gasteiger partial charge in [-0.15, -0.1) is 0 Å². The normalized spacial score (nSPS) is 18.9. The third kappa shape index (κ3) is 2.61. The van der Waals surface area contributed by atoms with Crippen molar-refractivity contribution in [1.82, 2.24) is 10.2 Å². The predicted molar refractivity (Wildman–Crippen MR) is 75.9 cm³/mol. The molecule has 0 amide bonds. The maximum Gasteiger partial charge on any atom is 0.153 e. The SMILES string of the molecule is Nc1n[nH]c(C2CCCCO2)c1-c1cc(F)c(Cl)c(F)c1. The molecule has 1 aliphatic rings. The molecule has 1 aromatic carbocycles. The predicted octanol–water partition coefficient (Wildman–Crippen LogP) is 3.83. The van der Waals surface area contributed by atoms with Crippen LogP contribution in [0.5, 0.6) is 0 Å². The largest absolute Gasteiger partial charge is 0.382 e. The van der Waals surface area contributed by atoms with Crippen LogP contribution < -0.4 is 5.73 Å². The number of nitrogens with two attached hydrogens (primary N) is 1. The van der Waals surface area contributed by atoms with Crippen molar-refractivity contribution in [2.75, 3.05) is 12.3 Å². The third-order valence-electron chi connectivity index (χ3n) is 3.60. The molecule has 1 aromatic heterocycles. The Morgan fingerprint density at radius 3 is 2.62 bits per heavy atom. The maximum atomic E-state index is 13.7. The van der Waals surface area contributed by atoms with Crippen LogP contribution in [-0.4, -0.2) is 16.8 Å². The summed E-state index contributed by atoms with van der Waals surface area (Å²) in [5.74, 6) is -1.48. The number of H-pyrrole nitrogens is 1. The number of nitrogens with zero attached hydrogens (tertiary/aromatic N) is 1. The van der Waals surface area contributed by atoms with Crippen LogP contribution in [0.3, 0.4) is 0 Å². The molecule has 21 heavy (non-hydrogen) atoms. The van der Waals surface area contributed by atoms with Gasteiger partial charge in [-0.1, -0.05) is 11.6 Å². The van der Waals surface area contributed by atoms with E-state index in [9.17, 15) is 8.78 Å². The van der Waals surface area contributed by atoms with E-state index in [1.54, 1.807) is 0 Å². The van der Waals surface area contributed by atoms with E-state index in [2.05, 4.69) is 10.2 Å². The van der Waals surface area contributed by atoms with E-state index in [4.69, 9.17) is 22.1 Å². The standard InChI is InChI=1S/C14H14ClF2N3O/c15-12-8(16)5-7(6-9(12)17)11-13(19-20-14(11)18)10-3-1-2-4-21-10/h5-6,10H,1-4H2,(H3,18,19,20). The molecular formula is C14H14ClF2N3O. The summed E-state index contributed by atoms with van der Waals surface area (Å²) in [5, 5.41) is 6.23. The molecule has 1 atom stereocenters. The Kier molecular flexibility index (Phi) is 3.82. The van der Waals surface area contributed by atoms with Crippen LogP contribution in [0, 0.1) is 11.6 Å². The molecule has 1 fully saturated rings. The lowest BCUT2D eigenvalue weighted by atomic mass is 9.98. The number of benzene rings is 1. The molecule has 112 valence electrons. The molecule has 3 N–H and O–H groups in total. The highest BCUT2D eigenvalue weighted by atomic mass is 35.5. The molecule has 2 heterocycles. The number of nitrogen functional groups attached to an aromatic ring is 1. The fraction of sp³-hybridized carbons (Fsp3) is 0.357. The fourth-order valence-corrected chi connectivity index (χ4v) is 2.68. The van der Waals surface area contributed by atoms with Gasteiger partial charge in [-0.25, -0.2) is 8.78 Å². The number of halogens is 3.